The summed E-state index contributed by atoms with van der Waals surface area (Å²) in [5, 5.41) is 0. The summed E-state index contributed by atoms with van der Waals surface area (Å²) in [6.45, 7) is 2.79. The molecule has 0 aromatic carbocycles. The van der Waals surface area contributed by atoms with Gasteiger partial charge in [-0.1, -0.05) is 31.2 Å². The van der Waals surface area contributed by atoms with Gasteiger partial charge in [-0.3, -0.25) is 4.79 Å². The zero-order chi connectivity index (χ0) is 12.3. The maximum absolute atomic E-state index is 11.3. The van der Waals surface area contributed by atoms with Gasteiger partial charge in [0.15, 0.2) is 0 Å². The predicted molar refractivity (Wildman–Crippen MR) is 70.7 cm³/mol. The van der Waals surface area contributed by atoms with Crippen molar-refractivity contribution in [2.24, 2.45) is 5.92 Å². The number of cyclic esters (lactones) is 1. The van der Waals surface area contributed by atoms with Gasteiger partial charge in [-0.2, -0.15) is 0 Å². The van der Waals surface area contributed by atoms with Gasteiger partial charge < -0.3 is 4.74 Å². The summed E-state index contributed by atoms with van der Waals surface area (Å²) in [6.07, 6.45) is 15.7. The van der Waals surface area contributed by atoms with E-state index in [-0.39, 0.29) is 5.97 Å². The van der Waals surface area contributed by atoms with Gasteiger partial charge in [-0.15, -0.1) is 0 Å². The maximum Gasteiger partial charge on any atom is 0.309 e. The second kappa shape index (κ2) is 9.03. The van der Waals surface area contributed by atoms with E-state index in [0.717, 1.165) is 32.1 Å². The molecule has 1 heterocycles. The number of carbonyl (C=O) groups excluding carboxylic acids is 1. The molecule has 1 atom stereocenters. The van der Waals surface area contributed by atoms with Crippen LogP contribution < -0.4 is 0 Å². The van der Waals surface area contributed by atoms with Gasteiger partial charge in [-0.05, 0) is 44.4 Å². The molecule has 1 rings (SSSR count). The number of hydrogen-bond donors (Lipinski definition) is 0. The lowest BCUT2D eigenvalue weighted by molar-refractivity contribution is -0.142. The van der Waals surface area contributed by atoms with E-state index in [1.807, 2.05) is 6.08 Å². The van der Waals surface area contributed by atoms with Crippen molar-refractivity contribution in [2.45, 2.75) is 51.9 Å². The maximum atomic E-state index is 11.3. The highest BCUT2D eigenvalue weighted by molar-refractivity contribution is 5.71. The second-order valence-electron chi connectivity index (χ2n) is 4.77. The van der Waals surface area contributed by atoms with Gasteiger partial charge in [0, 0.05) is 0 Å². The Hall–Kier alpha value is -1.05. The largest absolute Gasteiger partial charge is 0.465 e. The van der Waals surface area contributed by atoms with Crippen molar-refractivity contribution in [3.8, 4) is 0 Å². The molecule has 1 aliphatic rings. The van der Waals surface area contributed by atoms with Crippen LogP contribution in [0.4, 0.5) is 0 Å². The normalized spacial score (nSPS) is 24.8. The van der Waals surface area contributed by atoms with Crippen LogP contribution in [0.25, 0.3) is 0 Å². The first-order valence-electron chi connectivity index (χ1n) is 6.74. The summed E-state index contributed by atoms with van der Waals surface area (Å²) in [5.74, 6) is 0.537. The lowest BCUT2D eigenvalue weighted by Crippen LogP contribution is -2.07. The quantitative estimate of drug-likeness (QED) is 0.469. The monoisotopic (exact) mass is 236 g/mol. The molecule has 0 N–H and O–H groups in total. The molecule has 1 unspecified atom stereocenters. The molecular weight excluding hydrogens is 212 g/mol. The molecule has 0 aromatic heterocycles. The average molecular weight is 236 g/mol. The van der Waals surface area contributed by atoms with Crippen molar-refractivity contribution >= 4 is 5.97 Å². The minimum absolute atomic E-state index is 0.0959. The van der Waals surface area contributed by atoms with E-state index >= 15 is 0 Å². The fourth-order valence-corrected chi connectivity index (χ4v) is 1.84. The SMILES string of the molecule is CC1CCC=CCCCC=CCC(=O)OCC1. The van der Waals surface area contributed by atoms with E-state index in [2.05, 4.69) is 25.2 Å². The lowest BCUT2D eigenvalue weighted by Gasteiger charge is -2.09. The summed E-state index contributed by atoms with van der Waals surface area (Å²) in [7, 11) is 0. The fraction of sp³-hybridized carbons (Fsp3) is 0.667. The van der Waals surface area contributed by atoms with Crippen LogP contribution in [-0.4, -0.2) is 12.6 Å². The molecule has 0 saturated heterocycles. The molecule has 2 nitrogen and oxygen atoms in total. The number of ether oxygens (including phenoxy) is 1. The Balaban J connectivity index is 2.36. The smallest absolute Gasteiger partial charge is 0.309 e. The number of allylic oxidation sites excluding steroid dienone is 3. The van der Waals surface area contributed by atoms with E-state index in [1.165, 1.54) is 6.42 Å². The third kappa shape index (κ3) is 7.78. The Morgan fingerprint density at radius 3 is 2.59 bits per heavy atom. The zero-order valence-electron chi connectivity index (χ0n) is 10.9. The summed E-state index contributed by atoms with van der Waals surface area (Å²) >= 11 is 0. The fourth-order valence-electron chi connectivity index (χ4n) is 1.84. The van der Waals surface area contributed by atoms with Crippen molar-refractivity contribution in [1.29, 1.82) is 0 Å². The summed E-state index contributed by atoms with van der Waals surface area (Å²) in [5.41, 5.74) is 0. The standard InChI is InChI=1S/C15H24O2/c1-14-10-8-6-4-2-3-5-7-9-11-15(16)17-13-12-14/h4,6-7,9,14H,2-3,5,8,10-13H2,1H3. The van der Waals surface area contributed by atoms with E-state index in [1.54, 1.807) is 0 Å². The second-order valence-corrected chi connectivity index (χ2v) is 4.77. The summed E-state index contributed by atoms with van der Waals surface area (Å²) in [6, 6.07) is 0. The van der Waals surface area contributed by atoms with Gasteiger partial charge in [0.05, 0.1) is 13.0 Å². The van der Waals surface area contributed by atoms with Crippen molar-refractivity contribution in [1.82, 2.24) is 0 Å². The van der Waals surface area contributed by atoms with E-state index in [9.17, 15) is 4.79 Å². The van der Waals surface area contributed by atoms with E-state index in [0.29, 0.717) is 18.9 Å². The molecule has 17 heavy (non-hydrogen) atoms. The molecule has 1 aliphatic heterocycles. The highest BCUT2D eigenvalue weighted by Crippen LogP contribution is 2.12. The van der Waals surface area contributed by atoms with Crippen LogP contribution in [0.2, 0.25) is 0 Å². The van der Waals surface area contributed by atoms with Gasteiger partial charge in [-0.25, -0.2) is 0 Å². The summed E-state index contributed by atoms with van der Waals surface area (Å²) in [4.78, 5) is 11.3. The number of esters is 1. The molecule has 0 aliphatic carbocycles. The Morgan fingerprint density at radius 1 is 1.06 bits per heavy atom. The molecule has 0 spiro atoms. The third-order valence-corrected chi connectivity index (χ3v) is 3.06. The molecular formula is C15H24O2. The van der Waals surface area contributed by atoms with E-state index in [4.69, 9.17) is 4.74 Å². The van der Waals surface area contributed by atoms with Crippen LogP contribution in [0, 0.1) is 5.92 Å². The van der Waals surface area contributed by atoms with Crippen molar-refractivity contribution in [2.75, 3.05) is 6.61 Å². The molecule has 0 saturated carbocycles. The summed E-state index contributed by atoms with van der Waals surface area (Å²) < 4.78 is 5.18. The minimum atomic E-state index is -0.0959. The Morgan fingerprint density at radius 2 is 1.76 bits per heavy atom. The first-order valence-corrected chi connectivity index (χ1v) is 6.74. The van der Waals surface area contributed by atoms with Crippen LogP contribution in [0.1, 0.15) is 51.9 Å². The first-order chi connectivity index (χ1) is 8.29. The van der Waals surface area contributed by atoms with Crippen molar-refractivity contribution in [3.05, 3.63) is 24.3 Å². The van der Waals surface area contributed by atoms with Crippen LogP contribution in [0.5, 0.6) is 0 Å². The van der Waals surface area contributed by atoms with Gasteiger partial charge >= 0.3 is 5.97 Å². The van der Waals surface area contributed by atoms with E-state index < -0.39 is 0 Å². The highest BCUT2D eigenvalue weighted by atomic mass is 16.5. The third-order valence-electron chi connectivity index (χ3n) is 3.06. The molecule has 0 aromatic rings. The number of carbonyl (C=O) groups is 1. The van der Waals surface area contributed by atoms with Crippen LogP contribution in [-0.2, 0) is 9.53 Å². The van der Waals surface area contributed by atoms with Crippen LogP contribution in [0.3, 0.4) is 0 Å². The molecule has 0 amide bonds. The molecule has 2 heteroatoms. The van der Waals surface area contributed by atoms with Crippen molar-refractivity contribution < 1.29 is 9.53 Å². The van der Waals surface area contributed by atoms with Crippen LogP contribution in [0.15, 0.2) is 24.3 Å². The minimum Gasteiger partial charge on any atom is -0.465 e. The topological polar surface area (TPSA) is 26.3 Å². The average Bonchev–Trinajstić information content (AvgIpc) is 2.31. The molecule has 0 fully saturated rings. The molecule has 0 bridgehead atoms. The molecule has 0 radical (unpaired) electrons. The first kappa shape index (κ1) is 14.0. The molecule has 96 valence electrons. The Labute approximate surface area is 105 Å². The lowest BCUT2D eigenvalue weighted by atomic mass is 10.0. The Kier molecular flexibility index (Phi) is 7.44. The Bertz CT molecular complexity index is 266. The zero-order valence-corrected chi connectivity index (χ0v) is 10.9. The number of hydrogen-bond acceptors (Lipinski definition) is 2. The predicted octanol–water partition coefficient (Wildman–Crippen LogP) is 4.02. The van der Waals surface area contributed by atoms with Gasteiger partial charge in [0.1, 0.15) is 0 Å². The van der Waals surface area contributed by atoms with Crippen molar-refractivity contribution in [3.63, 3.8) is 0 Å². The van der Waals surface area contributed by atoms with Gasteiger partial charge in [0.25, 0.3) is 0 Å². The van der Waals surface area contributed by atoms with Gasteiger partial charge in [0.2, 0.25) is 0 Å². The highest BCUT2D eigenvalue weighted by Gasteiger charge is 2.04. The number of rotatable bonds is 0. The van der Waals surface area contributed by atoms with Crippen LogP contribution >= 0.6 is 0 Å².